The third-order valence-corrected chi connectivity index (χ3v) is 6.52. The maximum Gasteiger partial charge on any atom is 0.410 e. The van der Waals surface area contributed by atoms with Gasteiger partial charge in [0.1, 0.15) is 22.3 Å². The molecule has 10 heteroatoms. The Morgan fingerprint density at radius 3 is 2.37 bits per heavy atom. The topological polar surface area (TPSA) is 102 Å². The van der Waals surface area contributed by atoms with Crippen molar-refractivity contribution in [3.63, 3.8) is 0 Å². The van der Waals surface area contributed by atoms with E-state index < -0.39 is 5.60 Å². The molecular weight excluding hydrogens is 450 g/mol. The van der Waals surface area contributed by atoms with Crippen LogP contribution in [0.1, 0.15) is 52.5 Å². The zero-order valence-corrected chi connectivity index (χ0v) is 19.4. The molecule has 0 aromatic carbocycles. The number of amides is 1. The molecule has 0 atom stereocenters. The number of ether oxygens (including phenoxy) is 1. The zero-order valence-electron chi connectivity index (χ0n) is 17.8. The van der Waals surface area contributed by atoms with Crippen molar-refractivity contribution in [3.05, 3.63) is 10.9 Å². The molecule has 4 rings (SSSR count). The van der Waals surface area contributed by atoms with Crippen LogP contribution in [-0.4, -0.2) is 73.5 Å². The van der Waals surface area contributed by atoms with Gasteiger partial charge in [0.2, 0.25) is 0 Å². The van der Waals surface area contributed by atoms with E-state index in [2.05, 4.69) is 35.9 Å². The number of nitrogens with two attached hydrogens (primary N) is 1. The molecule has 0 bridgehead atoms. The molecule has 1 amide bonds. The van der Waals surface area contributed by atoms with Crippen LogP contribution in [-0.2, 0) is 4.74 Å². The summed E-state index contributed by atoms with van der Waals surface area (Å²) < 4.78 is 8.21. The molecule has 2 aromatic rings. The van der Waals surface area contributed by atoms with Crippen LogP contribution in [0, 0.1) is 0 Å². The first kappa shape index (κ1) is 21.3. The Hall–Kier alpha value is -1.94. The van der Waals surface area contributed by atoms with Crippen LogP contribution in [0.2, 0.25) is 0 Å². The monoisotopic (exact) mass is 479 g/mol. The van der Waals surface area contributed by atoms with Crippen molar-refractivity contribution in [1.29, 1.82) is 0 Å². The third-order valence-electron chi connectivity index (χ3n) is 5.97. The Kier molecular flexibility index (Phi) is 5.89. The average Bonchev–Trinajstić information content (AvgIpc) is 3.05. The molecule has 2 N–H and O–H groups in total. The van der Waals surface area contributed by atoms with Crippen LogP contribution in [0.5, 0.6) is 0 Å². The summed E-state index contributed by atoms with van der Waals surface area (Å²) in [4.78, 5) is 25.1. The van der Waals surface area contributed by atoms with Crippen molar-refractivity contribution in [1.82, 2.24) is 29.5 Å². The first-order valence-corrected chi connectivity index (χ1v) is 11.4. The minimum absolute atomic E-state index is 0.205. The van der Waals surface area contributed by atoms with E-state index in [0.29, 0.717) is 22.5 Å². The Morgan fingerprint density at radius 1 is 1.10 bits per heavy atom. The summed E-state index contributed by atoms with van der Waals surface area (Å²) in [5, 5.41) is 5.44. The van der Waals surface area contributed by atoms with Gasteiger partial charge in [-0.3, -0.25) is 4.90 Å². The van der Waals surface area contributed by atoms with Crippen LogP contribution in [0.4, 0.5) is 10.6 Å². The zero-order chi connectivity index (χ0) is 21.5. The number of piperazine rings is 1. The van der Waals surface area contributed by atoms with Crippen molar-refractivity contribution in [2.75, 3.05) is 31.9 Å². The predicted molar refractivity (Wildman–Crippen MR) is 118 cm³/mol. The molecule has 30 heavy (non-hydrogen) atoms. The average molecular weight is 480 g/mol. The largest absolute Gasteiger partial charge is 0.444 e. The fraction of sp³-hybridized carbons (Fsp3) is 0.700. The minimum Gasteiger partial charge on any atom is -0.444 e. The van der Waals surface area contributed by atoms with Gasteiger partial charge < -0.3 is 15.4 Å². The number of nitrogens with zero attached hydrogens (tertiary/aromatic N) is 6. The quantitative estimate of drug-likeness (QED) is 0.704. The highest BCUT2D eigenvalue weighted by Gasteiger charge is 2.32. The lowest BCUT2D eigenvalue weighted by atomic mass is 9.90. The van der Waals surface area contributed by atoms with Gasteiger partial charge in [0.05, 0.1) is 11.4 Å². The molecule has 1 aliphatic carbocycles. The maximum atomic E-state index is 12.3. The molecule has 3 heterocycles. The predicted octanol–water partition coefficient (Wildman–Crippen LogP) is 3.21. The fourth-order valence-electron chi connectivity index (χ4n) is 4.47. The van der Waals surface area contributed by atoms with Gasteiger partial charge in [0, 0.05) is 32.2 Å². The van der Waals surface area contributed by atoms with Crippen molar-refractivity contribution >= 4 is 38.9 Å². The number of hydrogen-bond acceptors (Lipinski definition) is 7. The van der Waals surface area contributed by atoms with E-state index in [1.165, 1.54) is 6.33 Å². The highest BCUT2D eigenvalue weighted by Crippen LogP contribution is 2.35. The molecule has 9 nitrogen and oxygen atoms in total. The van der Waals surface area contributed by atoms with Crippen LogP contribution in [0.15, 0.2) is 10.9 Å². The summed E-state index contributed by atoms with van der Waals surface area (Å²) in [5.41, 5.74) is 6.35. The molecule has 1 saturated carbocycles. The Bertz CT molecular complexity index is 910. The normalized spacial score (nSPS) is 23.7. The smallest absolute Gasteiger partial charge is 0.410 e. The molecule has 0 unspecified atom stereocenters. The number of rotatable bonds is 2. The maximum absolute atomic E-state index is 12.3. The second kappa shape index (κ2) is 8.30. The lowest BCUT2D eigenvalue weighted by Gasteiger charge is -2.42. The number of halogens is 1. The van der Waals surface area contributed by atoms with Gasteiger partial charge in [-0.05, 0) is 62.4 Å². The summed E-state index contributed by atoms with van der Waals surface area (Å²) >= 11 is 3.50. The molecule has 164 valence electrons. The van der Waals surface area contributed by atoms with E-state index in [0.717, 1.165) is 62.9 Å². The van der Waals surface area contributed by atoms with Gasteiger partial charge in [0.15, 0.2) is 5.65 Å². The van der Waals surface area contributed by atoms with Crippen LogP contribution in [0.25, 0.3) is 11.0 Å². The van der Waals surface area contributed by atoms with Crippen molar-refractivity contribution in [2.24, 2.45) is 0 Å². The van der Waals surface area contributed by atoms with E-state index in [4.69, 9.17) is 10.5 Å². The van der Waals surface area contributed by atoms with Crippen molar-refractivity contribution < 1.29 is 9.53 Å². The Balaban J connectivity index is 1.33. The van der Waals surface area contributed by atoms with Gasteiger partial charge in [-0.2, -0.15) is 5.10 Å². The van der Waals surface area contributed by atoms with E-state index in [1.54, 1.807) is 0 Å². The minimum atomic E-state index is -0.451. The summed E-state index contributed by atoms with van der Waals surface area (Å²) in [6.45, 7) is 8.96. The number of carbonyl (C=O) groups excluding carboxylic acids is 1. The second-order valence-electron chi connectivity index (χ2n) is 9.16. The van der Waals surface area contributed by atoms with Gasteiger partial charge in [-0.1, -0.05) is 0 Å². The van der Waals surface area contributed by atoms with Crippen molar-refractivity contribution in [2.45, 2.75) is 64.1 Å². The second-order valence-corrected chi connectivity index (χ2v) is 9.91. The first-order chi connectivity index (χ1) is 14.2. The first-order valence-electron chi connectivity index (χ1n) is 10.6. The van der Waals surface area contributed by atoms with Crippen molar-refractivity contribution in [3.8, 4) is 0 Å². The lowest BCUT2D eigenvalue weighted by molar-refractivity contribution is 0.00726. The van der Waals surface area contributed by atoms with Crippen LogP contribution < -0.4 is 5.73 Å². The summed E-state index contributed by atoms with van der Waals surface area (Å²) in [7, 11) is 0. The van der Waals surface area contributed by atoms with Crippen LogP contribution >= 0.6 is 15.9 Å². The highest BCUT2D eigenvalue weighted by molar-refractivity contribution is 9.10. The van der Waals surface area contributed by atoms with Gasteiger partial charge in [0.25, 0.3) is 0 Å². The summed E-state index contributed by atoms with van der Waals surface area (Å²) in [6, 6.07) is 0.861. The third kappa shape index (κ3) is 4.39. The fourth-order valence-corrected chi connectivity index (χ4v) is 5.02. The molecule has 1 aliphatic heterocycles. The van der Waals surface area contributed by atoms with E-state index in [1.807, 2.05) is 30.4 Å². The lowest BCUT2D eigenvalue weighted by Crippen LogP contribution is -2.53. The Labute approximate surface area is 185 Å². The molecule has 0 radical (unpaired) electrons. The number of fused-ring (bicyclic) bond motifs is 1. The molecule has 2 aromatic heterocycles. The molecule has 1 saturated heterocycles. The van der Waals surface area contributed by atoms with Gasteiger partial charge >= 0.3 is 6.09 Å². The summed E-state index contributed by atoms with van der Waals surface area (Å²) in [5.74, 6) is 0.453. The molecule has 2 aliphatic rings. The van der Waals surface area contributed by atoms with Crippen LogP contribution in [0.3, 0.4) is 0 Å². The van der Waals surface area contributed by atoms with E-state index in [9.17, 15) is 4.79 Å². The van der Waals surface area contributed by atoms with Gasteiger partial charge in [-0.25, -0.2) is 19.4 Å². The van der Waals surface area contributed by atoms with E-state index in [-0.39, 0.29) is 6.09 Å². The summed E-state index contributed by atoms with van der Waals surface area (Å²) in [6.07, 6.45) is 5.60. The standard InChI is InChI=1S/C20H30BrN7O2/c1-20(2,3)30-19(29)27-10-8-26(9-11-27)13-4-6-14(7-5-13)28-18-15(16(21)25-28)17(22)23-12-24-18/h12-14H,4-11H2,1-3H3,(H2,22,23,24)/t13-,14-. The highest BCUT2D eigenvalue weighted by atomic mass is 79.9. The number of nitrogen functional groups attached to an aromatic ring is 1. The van der Waals surface area contributed by atoms with E-state index >= 15 is 0 Å². The molecular formula is C20H30BrN7O2. The number of carbonyl (C=O) groups is 1. The number of anilines is 1. The number of aromatic nitrogens is 4. The molecule has 0 spiro atoms. The SMILES string of the molecule is CC(C)(C)OC(=O)N1CCN([C@H]2CC[C@H](n3nc(Br)c4c(N)ncnc43)CC2)CC1. The number of hydrogen-bond donors (Lipinski definition) is 1. The Morgan fingerprint density at radius 2 is 1.73 bits per heavy atom. The van der Waals surface area contributed by atoms with Gasteiger partial charge in [-0.15, -0.1) is 0 Å². The molecule has 2 fully saturated rings.